The smallest absolute Gasteiger partial charge is 0.197 e. The molecule has 2 heterocycles. The van der Waals surface area contributed by atoms with Gasteiger partial charge < -0.3 is 9.15 Å². The molecule has 1 aromatic carbocycles. The third-order valence-corrected chi connectivity index (χ3v) is 4.17. The van der Waals surface area contributed by atoms with Gasteiger partial charge in [-0.3, -0.25) is 9.69 Å². The number of para-hydroxylation sites is 1. The first kappa shape index (κ1) is 15.3. The third kappa shape index (κ3) is 3.39. The first-order valence-electron chi connectivity index (χ1n) is 8.11. The molecule has 0 saturated carbocycles. The van der Waals surface area contributed by atoms with Gasteiger partial charge in [0, 0.05) is 25.3 Å². The van der Waals surface area contributed by atoms with Crippen LogP contribution in [0.3, 0.4) is 0 Å². The maximum absolute atomic E-state index is 12.5. The Bertz CT molecular complexity index is 679. The fourth-order valence-electron chi connectivity index (χ4n) is 3.05. The van der Waals surface area contributed by atoms with E-state index >= 15 is 0 Å². The molecule has 4 nitrogen and oxygen atoms in total. The van der Waals surface area contributed by atoms with Crippen LogP contribution < -0.4 is 5.43 Å². The normalized spacial score (nSPS) is 19.6. The summed E-state index contributed by atoms with van der Waals surface area (Å²) >= 11 is 0. The van der Waals surface area contributed by atoms with Gasteiger partial charge in [0.1, 0.15) is 5.58 Å². The minimum absolute atomic E-state index is 0.0819. The number of likely N-dealkylation sites (tertiary alicyclic amines) is 1. The summed E-state index contributed by atoms with van der Waals surface area (Å²) < 4.78 is 11.5. The zero-order valence-corrected chi connectivity index (χ0v) is 13.1. The molecule has 0 radical (unpaired) electrons. The largest absolute Gasteiger partial charge is 0.464 e. The minimum Gasteiger partial charge on any atom is -0.464 e. The van der Waals surface area contributed by atoms with Crippen molar-refractivity contribution < 1.29 is 9.15 Å². The van der Waals surface area contributed by atoms with E-state index in [0.717, 1.165) is 44.5 Å². The van der Waals surface area contributed by atoms with Crippen LogP contribution in [0, 0.1) is 0 Å². The first-order chi connectivity index (χ1) is 10.8. The summed E-state index contributed by atoms with van der Waals surface area (Å²) in [4.78, 5) is 14.8. The lowest BCUT2D eigenvalue weighted by Gasteiger charge is -2.32. The average molecular weight is 301 g/mol. The van der Waals surface area contributed by atoms with Crippen molar-refractivity contribution in [3.05, 3.63) is 46.3 Å². The molecular weight excluding hydrogens is 278 g/mol. The van der Waals surface area contributed by atoms with Gasteiger partial charge in [-0.2, -0.15) is 0 Å². The predicted molar refractivity (Wildman–Crippen MR) is 87.0 cm³/mol. The lowest BCUT2D eigenvalue weighted by Crippen LogP contribution is -2.40. The summed E-state index contributed by atoms with van der Waals surface area (Å²) in [6.07, 6.45) is 5.18. The molecular formula is C18H23NO3. The summed E-state index contributed by atoms with van der Waals surface area (Å²) in [5.74, 6) is 0. The first-order valence-corrected chi connectivity index (χ1v) is 8.11. The minimum atomic E-state index is 0.0819. The molecule has 1 atom stereocenters. The molecule has 0 bridgehead atoms. The number of hydrogen-bond acceptors (Lipinski definition) is 4. The van der Waals surface area contributed by atoms with Crippen LogP contribution >= 0.6 is 0 Å². The van der Waals surface area contributed by atoms with E-state index in [1.54, 1.807) is 6.26 Å². The van der Waals surface area contributed by atoms with E-state index in [9.17, 15) is 4.79 Å². The molecule has 3 rings (SSSR count). The second kappa shape index (κ2) is 7.07. The molecule has 1 aliphatic rings. The van der Waals surface area contributed by atoms with Gasteiger partial charge >= 0.3 is 0 Å². The number of ether oxygens (including phenoxy) is 1. The summed E-state index contributed by atoms with van der Waals surface area (Å²) in [6, 6.07) is 7.41. The molecule has 1 unspecified atom stereocenters. The Labute approximate surface area is 130 Å². The highest BCUT2D eigenvalue weighted by Gasteiger charge is 2.21. The van der Waals surface area contributed by atoms with Crippen LogP contribution in [0.2, 0.25) is 0 Å². The van der Waals surface area contributed by atoms with Crippen LogP contribution in [0.1, 0.15) is 31.7 Å². The molecule has 118 valence electrons. The highest BCUT2D eigenvalue weighted by atomic mass is 16.5. The van der Waals surface area contributed by atoms with Gasteiger partial charge in [0.05, 0.1) is 17.8 Å². The molecule has 0 N–H and O–H groups in total. The van der Waals surface area contributed by atoms with E-state index in [4.69, 9.17) is 9.15 Å². The molecule has 0 amide bonds. The molecule has 2 aromatic rings. The maximum Gasteiger partial charge on any atom is 0.197 e. The van der Waals surface area contributed by atoms with Crippen LogP contribution in [0.25, 0.3) is 11.0 Å². The van der Waals surface area contributed by atoms with E-state index < -0.39 is 0 Å². The average Bonchev–Trinajstić information content (AvgIpc) is 2.56. The highest BCUT2D eigenvalue weighted by molar-refractivity contribution is 5.76. The van der Waals surface area contributed by atoms with Gasteiger partial charge in [-0.1, -0.05) is 19.1 Å². The van der Waals surface area contributed by atoms with Gasteiger partial charge in [-0.25, -0.2) is 0 Å². The molecule has 1 saturated heterocycles. The topological polar surface area (TPSA) is 42.7 Å². The second-order valence-electron chi connectivity index (χ2n) is 5.96. The van der Waals surface area contributed by atoms with Crippen LogP contribution in [-0.4, -0.2) is 30.7 Å². The van der Waals surface area contributed by atoms with E-state index in [0.29, 0.717) is 23.6 Å². The lowest BCUT2D eigenvalue weighted by molar-refractivity contribution is -0.00239. The Hall–Kier alpha value is -1.65. The van der Waals surface area contributed by atoms with Gasteiger partial charge in [0.2, 0.25) is 0 Å². The summed E-state index contributed by atoms with van der Waals surface area (Å²) in [7, 11) is 0. The molecule has 1 aromatic heterocycles. The monoisotopic (exact) mass is 301 g/mol. The zero-order chi connectivity index (χ0) is 15.4. The number of benzene rings is 1. The quantitative estimate of drug-likeness (QED) is 0.850. The zero-order valence-electron chi connectivity index (χ0n) is 13.1. The van der Waals surface area contributed by atoms with E-state index in [1.807, 2.05) is 24.3 Å². The Morgan fingerprint density at radius 2 is 2.23 bits per heavy atom. The molecule has 22 heavy (non-hydrogen) atoms. The van der Waals surface area contributed by atoms with Crippen LogP contribution in [0.4, 0.5) is 0 Å². The lowest BCUT2D eigenvalue weighted by atomic mass is 10.1. The number of piperidine rings is 1. The summed E-state index contributed by atoms with van der Waals surface area (Å²) in [5, 5.41) is 0.663. The van der Waals surface area contributed by atoms with E-state index in [-0.39, 0.29) is 5.43 Å². The molecule has 0 aliphatic carbocycles. The van der Waals surface area contributed by atoms with Crippen molar-refractivity contribution >= 4 is 11.0 Å². The number of nitrogens with zero attached hydrogens (tertiary/aromatic N) is 1. The van der Waals surface area contributed by atoms with Gasteiger partial charge in [-0.15, -0.1) is 0 Å². The molecule has 1 aliphatic heterocycles. The van der Waals surface area contributed by atoms with E-state index in [2.05, 4.69) is 11.8 Å². The van der Waals surface area contributed by atoms with Crippen LogP contribution in [-0.2, 0) is 11.3 Å². The number of hydrogen-bond donors (Lipinski definition) is 0. The molecule has 1 fully saturated rings. The standard InChI is InChI=1S/C18H23NO3/c1-2-10-21-15-6-5-9-19(12-15)11-14-13-22-17-8-4-3-7-16(17)18(14)20/h3-4,7-8,13,15H,2,5-6,9-12H2,1H3. The second-order valence-corrected chi connectivity index (χ2v) is 5.96. The Morgan fingerprint density at radius 1 is 1.36 bits per heavy atom. The van der Waals surface area contributed by atoms with Crippen molar-refractivity contribution in [1.29, 1.82) is 0 Å². The Kier molecular flexibility index (Phi) is 4.90. The fourth-order valence-corrected chi connectivity index (χ4v) is 3.05. The van der Waals surface area contributed by atoms with E-state index in [1.165, 1.54) is 0 Å². The van der Waals surface area contributed by atoms with Crippen LogP contribution in [0.15, 0.2) is 39.7 Å². The maximum atomic E-state index is 12.5. The van der Waals surface area contributed by atoms with Gasteiger partial charge in [-0.05, 0) is 37.9 Å². The SMILES string of the molecule is CCCOC1CCCN(Cc2coc3ccccc3c2=O)C1. The Morgan fingerprint density at radius 3 is 3.09 bits per heavy atom. The van der Waals surface area contributed by atoms with Gasteiger partial charge in [0.25, 0.3) is 0 Å². The summed E-state index contributed by atoms with van der Waals surface area (Å²) in [5.41, 5.74) is 1.47. The number of fused-ring (bicyclic) bond motifs is 1. The summed E-state index contributed by atoms with van der Waals surface area (Å²) in [6.45, 7) is 5.49. The third-order valence-electron chi connectivity index (χ3n) is 4.17. The van der Waals surface area contributed by atoms with Crippen molar-refractivity contribution in [2.45, 2.75) is 38.8 Å². The predicted octanol–water partition coefficient (Wildman–Crippen LogP) is 3.18. The molecule has 4 heteroatoms. The number of rotatable bonds is 5. The van der Waals surface area contributed by atoms with Crippen molar-refractivity contribution in [3.63, 3.8) is 0 Å². The fraction of sp³-hybridized carbons (Fsp3) is 0.500. The van der Waals surface area contributed by atoms with Crippen molar-refractivity contribution in [3.8, 4) is 0 Å². The Balaban J connectivity index is 1.73. The highest BCUT2D eigenvalue weighted by Crippen LogP contribution is 2.17. The van der Waals surface area contributed by atoms with Crippen molar-refractivity contribution in [2.75, 3.05) is 19.7 Å². The van der Waals surface area contributed by atoms with Crippen molar-refractivity contribution in [1.82, 2.24) is 4.90 Å². The molecule has 0 spiro atoms. The van der Waals surface area contributed by atoms with Crippen LogP contribution in [0.5, 0.6) is 0 Å². The van der Waals surface area contributed by atoms with Gasteiger partial charge in [0.15, 0.2) is 5.43 Å². The van der Waals surface area contributed by atoms with Crippen molar-refractivity contribution in [2.24, 2.45) is 0 Å².